The van der Waals surface area contributed by atoms with E-state index < -0.39 is 0 Å². The van der Waals surface area contributed by atoms with Gasteiger partial charge in [-0.2, -0.15) is 0 Å². The summed E-state index contributed by atoms with van der Waals surface area (Å²) in [5.74, 6) is 1.10. The highest BCUT2D eigenvalue weighted by molar-refractivity contribution is 5.80. The first-order valence-electron chi connectivity index (χ1n) is 8.45. The Hall–Kier alpha value is -2.24. The molecule has 6 nitrogen and oxygen atoms in total. The molecule has 1 aliphatic rings. The number of benzene rings is 1. The van der Waals surface area contributed by atoms with E-state index in [-0.39, 0.29) is 11.9 Å². The summed E-state index contributed by atoms with van der Waals surface area (Å²) < 4.78 is 4.82. The van der Waals surface area contributed by atoms with Crippen LogP contribution >= 0.6 is 0 Å². The van der Waals surface area contributed by atoms with Gasteiger partial charge in [0, 0.05) is 26.7 Å². The highest BCUT2D eigenvalue weighted by Gasteiger charge is 2.26. The third-order valence-electron chi connectivity index (χ3n) is 4.40. The van der Waals surface area contributed by atoms with Crippen LogP contribution in [0, 0.1) is 5.92 Å². The number of phenolic OH excluding ortho intramolecular Hbond substituents is 1. The van der Waals surface area contributed by atoms with Crippen molar-refractivity contribution < 1.29 is 14.6 Å². The number of hydrogen-bond donors (Lipinski definition) is 2. The van der Waals surface area contributed by atoms with Crippen molar-refractivity contribution in [3.8, 4) is 5.75 Å². The largest absolute Gasteiger partial charge is 0.508 e. The van der Waals surface area contributed by atoms with E-state index in [1.807, 2.05) is 12.1 Å². The van der Waals surface area contributed by atoms with Gasteiger partial charge >= 0.3 is 5.97 Å². The number of rotatable bonds is 5. The van der Waals surface area contributed by atoms with Gasteiger partial charge in [-0.3, -0.25) is 9.79 Å². The van der Waals surface area contributed by atoms with Gasteiger partial charge in [-0.1, -0.05) is 12.1 Å². The number of methoxy groups -OCH3 is 1. The molecule has 6 heteroatoms. The Morgan fingerprint density at radius 2 is 2.00 bits per heavy atom. The Kier molecular flexibility index (Phi) is 6.90. The van der Waals surface area contributed by atoms with Crippen LogP contribution < -0.4 is 5.32 Å². The summed E-state index contributed by atoms with van der Waals surface area (Å²) >= 11 is 0. The summed E-state index contributed by atoms with van der Waals surface area (Å²) in [4.78, 5) is 18.1. The Balaban J connectivity index is 1.71. The van der Waals surface area contributed by atoms with Gasteiger partial charge in [-0.15, -0.1) is 0 Å². The lowest BCUT2D eigenvalue weighted by Gasteiger charge is -2.33. The summed E-state index contributed by atoms with van der Waals surface area (Å²) in [5.41, 5.74) is 1.21. The molecule has 0 radical (unpaired) electrons. The Morgan fingerprint density at radius 3 is 2.58 bits per heavy atom. The molecule has 132 valence electrons. The summed E-state index contributed by atoms with van der Waals surface area (Å²) in [6, 6.07) is 7.32. The molecule has 0 spiro atoms. The standard InChI is InChI=1S/C18H27N3O3/c1-19-18(21-12-9-15(10-13-21)17(23)24-2)20-11-3-4-14-5-7-16(22)8-6-14/h5-8,15,22H,3-4,9-13H2,1-2H3,(H,19,20). The number of piperidine rings is 1. The molecule has 0 aromatic heterocycles. The van der Waals surface area contributed by atoms with Gasteiger partial charge in [0.1, 0.15) is 5.75 Å². The van der Waals surface area contributed by atoms with E-state index in [1.165, 1.54) is 12.7 Å². The van der Waals surface area contributed by atoms with Crippen LogP contribution in [0.2, 0.25) is 0 Å². The predicted octanol–water partition coefficient (Wildman–Crippen LogP) is 1.79. The number of aryl methyl sites for hydroxylation is 1. The first-order chi connectivity index (χ1) is 11.6. The second-order valence-corrected chi connectivity index (χ2v) is 6.03. The molecule has 1 heterocycles. The molecule has 0 amide bonds. The average Bonchev–Trinajstić information content (AvgIpc) is 2.63. The number of carbonyl (C=O) groups is 1. The Bertz CT molecular complexity index is 549. The number of ether oxygens (including phenoxy) is 1. The molecule has 24 heavy (non-hydrogen) atoms. The average molecular weight is 333 g/mol. The van der Waals surface area contributed by atoms with E-state index in [1.54, 1.807) is 19.2 Å². The van der Waals surface area contributed by atoms with Crippen molar-refractivity contribution in [2.75, 3.05) is 33.8 Å². The van der Waals surface area contributed by atoms with Crippen molar-refractivity contribution in [1.82, 2.24) is 10.2 Å². The predicted molar refractivity (Wildman–Crippen MR) is 94.1 cm³/mol. The topological polar surface area (TPSA) is 74.2 Å². The summed E-state index contributed by atoms with van der Waals surface area (Å²) in [6.07, 6.45) is 3.55. The first-order valence-corrected chi connectivity index (χ1v) is 8.45. The number of nitrogens with zero attached hydrogens (tertiary/aromatic N) is 2. The fourth-order valence-corrected chi connectivity index (χ4v) is 2.98. The van der Waals surface area contributed by atoms with Crippen LogP contribution in [0.3, 0.4) is 0 Å². The van der Waals surface area contributed by atoms with Crippen LogP contribution in [-0.4, -0.2) is 55.7 Å². The van der Waals surface area contributed by atoms with Gasteiger partial charge < -0.3 is 20.1 Å². The minimum atomic E-state index is -0.105. The third kappa shape index (κ3) is 5.15. The zero-order valence-corrected chi connectivity index (χ0v) is 14.5. The maximum Gasteiger partial charge on any atom is 0.308 e. The lowest BCUT2D eigenvalue weighted by atomic mass is 9.97. The van der Waals surface area contributed by atoms with E-state index in [4.69, 9.17) is 4.74 Å². The zero-order chi connectivity index (χ0) is 17.4. The monoisotopic (exact) mass is 333 g/mol. The molecule has 0 unspecified atom stereocenters. The Labute approximate surface area is 143 Å². The number of carbonyl (C=O) groups excluding carboxylic acids is 1. The number of aliphatic imine (C=N–C) groups is 1. The molecular formula is C18H27N3O3. The Morgan fingerprint density at radius 1 is 1.33 bits per heavy atom. The van der Waals surface area contributed by atoms with Crippen LogP contribution in [0.1, 0.15) is 24.8 Å². The summed E-state index contributed by atoms with van der Waals surface area (Å²) in [5, 5.41) is 12.7. The van der Waals surface area contributed by atoms with Gasteiger partial charge in [0.2, 0.25) is 0 Å². The van der Waals surface area contributed by atoms with Crippen LogP contribution in [-0.2, 0) is 16.0 Å². The second kappa shape index (κ2) is 9.15. The van der Waals surface area contributed by atoms with Gasteiger partial charge in [-0.05, 0) is 43.4 Å². The van der Waals surface area contributed by atoms with Crippen molar-refractivity contribution in [3.05, 3.63) is 29.8 Å². The summed E-state index contributed by atoms with van der Waals surface area (Å²) in [6.45, 7) is 2.47. The van der Waals surface area contributed by atoms with Crippen molar-refractivity contribution in [2.45, 2.75) is 25.7 Å². The minimum Gasteiger partial charge on any atom is -0.508 e. The van der Waals surface area contributed by atoms with Crippen molar-refractivity contribution in [3.63, 3.8) is 0 Å². The number of nitrogens with one attached hydrogen (secondary N) is 1. The highest BCUT2D eigenvalue weighted by atomic mass is 16.5. The number of aromatic hydroxyl groups is 1. The zero-order valence-electron chi connectivity index (χ0n) is 14.5. The van der Waals surface area contributed by atoms with Gasteiger partial charge in [0.25, 0.3) is 0 Å². The molecule has 1 aliphatic heterocycles. The maximum absolute atomic E-state index is 11.6. The van der Waals surface area contributed by atoms with E-state index in [9.17, 15) is 9.90 Å². The first kappa shape index (κ1) is 18.1. The van der Waals surface area contributed by atoms with Crippen molar-refractivity contribution in [1.29, 1.82) is 0 Å². The maximum atomic E-state index is 11.6. The number of likely N-dealkylation sites (tertiary alicyclic amines) is 1. The van der Waals surface area contributed by atoms with Gasteiger partial charge in [0.05, 0.1) is 13.0 Å². The van der Waals surface area contributed by atoms with Crippen molar-refractivity contribution in [2.24, 2.45) is 10.9 Å². The molecule has 2 rings (SSSR count). The highest BCUT2D eigenvalue weighted by Crippen LogP contribution is 2.18. The number of esters is 1. The third-order valence-corrected chi connectivity index (χ3v) is 4.40. The lowest BCUT2D eigenvalue weighted by molar-refractivity contribution is -0.146. The molecule has 0 aliphatic carbocycles. The van der Waals surface area contributed by atoms with Crippen LogP contribution in [0.4, 0.5) is 0 Å². The SMILES string of the molecule is CN=C(NCCCc1ccc(O)cc1)N1CCC(C(=O)OC)CC1. The van der Waals surface area contributed by atoms with Gasteiger partial charge in [0.15, 0.2) is 5.96 Å². The molecule has 2 N–H and O–H groups in total. The van der Waals surface area contributed by atoms with Gasteiger partial charge in [-0.25, -0.2) is 0 Å². The lowest BCUT2D eigenvalue weighted by Crippen LogP contribution is -2.46. The molecule has 1 fully saturated rings. The molecule has 0 saturated carbocycles. The molecule has 1 aromatic carbocycles. The quantitative estimate of drug-likeness (QED) is 0.372. The van der Waals surface area contributed by atoms with E-state index in [0.717, 1.165) is 51.3 Å². The summed E-state index contributed by atoms with van der Waals surface area (Å²) in [7, 11) is 3.23. The van der Waals surface area contributed by atoms with Crippen LogP contribution in [0.5, 0.6) is 5.75 Å². The number of hydrogen-bond acceptors (Lipinski definition) is 4. The second-order valence-electron chi connectivity index (χ2n) is 6.03. The minimum absolute atomic E-state index is 0.0128. The van der Waals surface area contributed by atoms with E-state index in [0.29, 0.717) is 5.75 Å². The molecule has 1 aromatic rings. The normalized spacial score (nSPS) is 16.1. The number of guanidine groups is 1. The fraction of sp³-hybridized carbons (Fsp3) is 0.556. The molecule has 1 saturated heterocycles. The smallest absolute Gasteiger partial charge is 0.308 e. The fourth-order valence-electron chi connectivity index (χ4n) is 2.98. The molecular weight excluding hydrogens is 306 g/mol. The van der Waals surface area contributed by atoms with E-state index in [2.05, 4.69) is 15.2 Å². The van der Waals surface area contributed by atoms with Crippen molar-refractivity contribution >= 4 is 11.9 Å². The van der Waals surface area contributed by atoms with Crippen LogP contribution in [0.15, 0.2) is 29.3 Å². The van der Waals surface area contributed by atoms with E-state index >= 15 is 0 Å². The molecule has 0 bridgehead atoms. The van der Waals surface area contributed by atoms with Crippen LogP contribution in [0.25, 0.3) is 0 Å². The number of phenols is 1. The molecule has 0 atom stereocenters.